The topological polar surface area (TPSA) is 63.2 Å². The fraction of sp³-hybridized carbons (Fsp3) is 0.200. The quantitative estimate of drug-likeness (QED) is 0.890. The Bertz CT molecular complexity index is 599. The van der Waals surface area contributed by atoms with E-state index in [9.17, 15) is 4.79 Å². The molecular formula is C15H16ClN3O2. The smallest absolute Gasteiger partial charge is 0.247 e. The van der Waals surface area contributed by atoms with E-state index in [0.717, 1.165) is 11.4 Å². The van der Waals surface area contributed by atoms with Gasteiger partial charge in [0.25, 0.3) is 0 Å². The van der Waals surface area contributed by atoms with E-state index in [2.05, 4.69) is 15.6 Å². The summed E-state index contributed by atoms with van der Waals surface area (Å²) in [5, 5.41) is 6.34. The van der Waals surface area contributed by atoms with Crippen molar-refractivity contribution in [1.29, 1.82) is 0 Å². The third kappa shape index (κ3) is 4.36. The van der Waals surface area contributed by atoms with Crippen molar-refractivity contribution < 1.29 is 9.53 Å². The lowest BCUT2D eigenvalue weighted by atomic mass is 10.2. The maximum absolute atomic E-state index is 12.1. The van der Waals surface area contributed by atoms with Crippen LogP contribution in [0.5, 0.6) is 5.75 Å². The molecule has 0 radical (unpaired) electrons. The van der Waals surface area contributed by atoms with Crippen LogP contribution in [0.2, 0.25) is 5.02 Å². The minimum absolute atomic E-state index is 0.180. The number of amides is 1. The average Bonchev–Trinajstić information content (AvgIpc) is 2.50. The Morgan fingerprint density at radius 3 is 2.52 bits per heavy atom. The second-order valence-electron chi connectivity index (χ2n) is 4.45. The normalized spacial score (nSPS) is 11.6. The molecule has 110 valence electrons. The summed E-state index contributed by atoms with van der Waals surface area (Å²) in [4.78, 5) is 16.1. The number of ether oxygens (including phenoxy) is 1. The van der Waals surface area contributed by atoms with Gasteiger partial charge in [0.15, 0.2) is 0 Å². The molecule has 5 nitrogen and oxygen atoms in total. The van der Waals surface area contributed by atoms with E-state index >= 15 is 0 Å². The number of pyridine rings is 1. The molecule has 0 saturated carbocycles. The summed E-state index contributed by atoms with van der Waals surface area (Å²) in [7, 11) is 1.61. The van der Waals surface area contributed by atoms with Gasteiger partial charge in [0.2, 0.25) is 5.91 Å². The zero-order chi connectivity index (χ0) is 15.2. The lowest BCUT2D eigenvalue weighted by Gasteiger charge is -2.15. The molecule has 0 spiro atoms. The molecule has 1 amide bonds. The molecule has 0 bridgehead atoms. The summed E-state index contributed by atoms with van der Waals surface area (Å²) in [6.07, 6.45) is 1.48. The number of anilines is 2. The summed E-state index contributed by atoms with van der Waals surface area (Å²) in [5.41, 5.74) is 0.836. The van der Waals surface area contributed by atoms with Gasteiger partial charge in [0.1, 0.15) is 17.6 Å². The Morgan fingerprint density at radius 1 is 1.24 bits per heavy atom. The molecule has 0 saturated heterocycles. The molecule has 6 heteroatoms. The summed E-state index contributed by atoms with van der Waals surface area (Å²) in [6.45, 7) is 1.77. The molecule has 1 heterocycles. The maximum Gasteiger partial charge on any atom is 0.247 e. The molecule has 1 atom stereocenters. The van der Waals surface area contributed by atoms with Gasteiger partial charge in [-0.3, -0.25) is 4.79 Å². The molecule has 0 unspecified atom stereocenters. The van der Waals surface area contributed by atoms with Crippen LogP contribution in [0.15, 0.2) is 42.6 Å². The lowest BCUT2D eigenvalue weighted by molar-refractivity contribution is -0.116. The monoisotopic (exact) mass is 305 g/mol. The first-order valence-corrected chi connectivity index (χ1v) is 6.79. The van der Waals surface area contributed by atoms with Crippen molar-refractivity contribution in [3.8, 4) is 5.75 Å². The molecule has 0 aliphatic rings. The predicted molar refractivity (Wildman–Crippen MR) is 84.0 cm³/mol. The van der Waals surface area contributed by atoms with Crippen molar-refractivity contribution >= 4 is 29.0 Å². The predicted octanol–water partition coefficient (Wildman–Crippen LogP) is 3.18. The molecule has 0 aliphatic carbocycles. The number of hydrogen-bond acceptors (Lipinski definition) is 4. The molecule has 0 fully saturated rings. The van der Waals surface area contributed by atoms with Crippen molar-refractivity contribution in [3.05, 3.63) is 47.6 Å². The van der Waals surface area contributed by atoms with E-state index in [0.29, 0.717) is 10.8 Å². The molecule has 0 aliphatic heterocycles. The Morgan fingerprint density at radius 2 is 1.95 bits per heavy atom. The first kappa shape index (κ1) is 15.1. The van der Waals surface area contributed by atoms with Crippen LogP contribution in [0, 0.1) is 0 Å². The second-order valence-corrected chi connectivity index (χ2v) is 4.88. The number of nitrogens with zero attached hydrogens (tertiary/aromatic N) is 1. The van der Waals surface area contributed by atoms with Crippen LogP contribution < -0.4 is 15.4 Å². The van der Waals surface area contributed by atoms with Crippen molar-refractivity contribution in [2.75, 3.05) is 17.7 Å². The second kappa shape index (κ2) is 6.95. The molecule has 1 aromatic carbocycles. The van der Waals surface area contributed by atoms with Gasteiger partial charge in [-0.25, -0.2) is 4.98 Å². The average molecular weight is 306 g/mol. The Balaban J connectivity index is 1.93. The highest BCUT2D eigenvalue weighted by Gasteiger charge is 2.13. The lowest BCUT2D eigenvalue weighted by Crippen LogP contribution is -2.32. The van der Waals surface area contributed by atoms with Crippen molar-refractivity contribution in [1.82, 2.24) is 4.98 Å². The third-order valence-corrected chi connectivity index (χ3v) is 3.07. The maximum atomic E-state index is 12.1. The zero-order valence-electron chi connectivity index (χ0n) is 11.8. The molecular weight excluding hydrogens is 290 g/mol. The number of hydrogen-bond donors (Lipinski definition) is 2. The number of halogens is 1. The van der Waals surface area contributed by atoms with E-state index in [1.807, 2.05) is 24.3 Å². The zero-order valence-corrected chi connectivity index (χ0v) is 12.5. The number of aromatic nitrogens is 1. The van der Waals surface area contributed by atoms with Gasteiger partial charge < -0.3 is 15.4 Å². The van der Waals surface area contributed by atoms with E-state index in [1.165, 1.54) is 6.20 Å². The van der Waals surface area contributed by atoms with E-state index < -0.39 is 6.04 Å². The number of carbonyl (C=O) groups is 1. The highest BCUT2D eigenvalue weighted by Crippen LogP contribution is 2.16. The summed E-state index contributed by atoms with van der Waals surface area (Å²) >= 11 is 5.75. The van der Waals surface area contributed by atoms with Crippen LogP contribution in [-0.2, 0) is 4.79 Å². The third-order valence-electron chi connectivity index (χ3n) is 2.85. The Labute approximate surface area is 128 Å². The van der Waals surface area contributed by atoms with Gasteiger partial charge in [0, 0.05) is 11.9 Å². The molecule has 2 rings (SSSR count). The van der Waals surface area contributed by atoms with Crippen LogP contribution in [-0.4, -0.2) is 24.0 Å². The summed E-state index contributed by atoms with van der Waals surface area (Å²) < 4.78 is 5.08. The van der Waals surface area contributed by atoms with E-state index in [1.54, 1.807) is 26.2 Å². The first-order valence-electron chi connectivity index (χ1n) is 6.41. The highest BCUT2D eigenvalue weighted by atomic mass is 35.5. The molecule has 2 N–H and O–H groups in total. The van der Waals surface area contributed by atoms with Crippen molar-refractivity contribution in [3.63, 3.8) is 0 Å². The van der Waals surface area contributed by atoms with Gasteiger partial charge in [-0.2, -0.15) is 0 Å². The van der Waals surface area contributed by atoms with Crippen LogP contribution in [0.4, 0.5) is 11.5 Å². The van der Waals surface area contributed by atoms with Crippen LogP contribution in [0.3, 0.4) is 0 Å². The van der Waals surface area contributed by atoms with E-state index in [4.69, 9.17) is 16.3 Å². The van der Waals surface area contributed by atoms with Gasteiger partial charge in [-0.15, -0.1) is 0 Å². The summed E-state index contributed by atoms with van der Waals surface area (Å²) in [6, 6.07) is 10.3. The minimum Gasteiger partial charge on any atom is -0.497 e. The number of benzene rings is 1. The van der Waals surface area contributed by atoms with E-state index in [-0.39, 0.29) is 5.91 Å². The van der Waals surface area contributed by atoms with Gasteiger partial charge in [-0.05, 0) is 43.3 Å². The minimum atomic E-state index is -0.407. The Hall–Kier alpha value is -2.27. The summed E-state index contributed by atoms with van der Waals surface area (Å²) in [5.74, 6) is 1.05. The molecule has 2 aromatic rings. The van der Waals surface area contributed by atoms with Gasteiger partial charge in [-0.1, -0.05) is 11.6 Å². The number of rotatable bonds is 5. The largest absolute Gasteiger partial charge is 0.497 e. The van der Waals surface area contributed by atoms with Crippen LogP contribution in [0.1, 0.15) is 6.92 Å². The van der Waals surface area contributed by atoms with Gasteiger partial charge >= 0.3 is 0 Å². The SMILES string of the molecule is COc1ccc(N[C@@H](C)C(=O)Nc2ccc(Cl)cn2)cc1. The fourth-order valence-electron chi connectivity index (χ4n) is 1.69. The standard InChI is InChI=1S/C15H16ClN3O2/c1-10(18-12-4-6-13(21-2)7-5-12)15(20)19-14-8-3-11(16)9-17-14/h3-10,18H,1-2H3,(H,17,19,20)/t10-/m0/s1. The molecule has 21 heavy (non-hydrogen) atoms. The van der Waals surface area contributed by atoms with Crippen molar-refractivity contribution in [2.45, 2.75) is 13.0 Å². The van der Waals surface area contributed by atoms with Crippen LogP contribution >= 0.6 is 11.6 Å². The first-order chi connectivity index (χ1) is 10.1. The molecule has 1 aromatic heterocycles. The number of carbonyl (C=O) groups excluding carboxylic acids is 1. The highest BCUT2D eigenvalue weighted by molar-refractivity contribution is 6.30. The number of methoxy groups -OCH3 is 1. The Kier molecular flexibility index (Phi) is 5.00. The van der Waals surface area contributed by atoms with Crippen LogP contribution in [0.25, 0.3) is 0 Å². The van der Waals surface area contributed by atoms with Gasteiger partial charge in [0.05, 0.1) is 12.1 Å². The fourth-order valence-corrected chi connectivity index (χ4v) is 1.80. The van der Waals surface area contributed by atoms with Crippen molar-refractivity contribution in [2.24, 2.45) is 0 Å². The number of nitrogens with one attached hydrogen (secondary N) is 2.